The van der Waals surface area contributed by atoms with Gasteiger partial charge >= 0.3 is 0 Å². The zero-order valence-electron chi connectivity index (χ0n) is 10.8. The average Bonchev–Trinajstić information content (AvgIpc) is 2.40. The number of nitro benzene ring substituents is 1. The van der Waals surface area contributed by atoms with E-state index in [-0.39, 0.29) is 28.6 Å². The zero-order valence-corrected chi connectivity index (χ0v) is 11.6. The predicted octanol–water partition coefficient (Wildman–Crippen LogP) is 2.70. The lowest BCUT2D eigenvalue weighted by Crippen LogP contribution is -2.34. The number of anilines is 1. The van der Waals surface area contributed by atoms with E-state index in [0.717, 1.165) is 19.3 Å². The lowest BCUT2D eigenvalue weighted by Gasteiger charge is -2.25. The van der Waals surface area contributed by atoms with Crippen molar-refractivity contribution in [1.29, 1.82) is 0 Å². The number of nitro groups is 1. The molecule has 1 aliphatic carbocycles. The number of hydrogen-bond acceptors (Lipinski definition) is 4. The van der Waals surface area contributed by atoms with Crippen LogP contribution in [-0.4, -0.2) is 16.9 Å². The van der Waals surface area contributed by atoms with Crippen LogP contribution in [0.25, 0.3) is 0 Å². The molecule has 2 unspecified atom stereocenters. The summed E-state index contributed by atoms with van der Waals surface area (Å²) in [6.07, 6.45) is 3.33. The van der Waals surface area contributed by atoms with Crippen LogP contribution in [0, 0.1) is 16.0 Å². The molecule has 1 aliphatic rings. The Balaban J connectivity index is 2.07. The van der Waals surface area contributed by atoms with E-state index in [0.29, 0.717) is 12.1 Å². The van der Waals surface area contributed by atoms with Crippen LogP contribution in [0.4, 0.5) is 11.4 Å². The lowest BCUT2D eigenvalue weighted by molar-refractivity contribution is -0.384. The Morgan fingerprint density at radius 1 is 1.45 bits per heavy atom. The van der Waals surface area contributed by atoms with Crippen molar-refractivity contribution in [2.75, 3.05) is 5.32 Å². The third kappa shape index (κ3) is 3.46. The summed E-state index contributed by atoms with van der Waals surface area (Å²) in [5.41, 5.74) is 6.02. The van der Waals surface area contributed by atoms with Crippen LogP contribution >= 0.6 is 11.6 Å². The van der Waals surface area contributed by atoms with Gasteiger partial charge in [0, 0.05) is 23.7 Å². The van der Waals surface area contributed by atoms with Crippen molar-refractivity contribution in [2.45, 2.75) is 31.7 Å². The zero-order chi connectivity index (χ0) is 14.7. The Kier molecular flexibility index (Phi) is 4.57. The van der Waals surface area contributed by atoms with E-state index in [1.807, 2.05) is 0 Å². The molecule has 0 aromatic heterocycles. The Bertz CT molecular complexity index is 536. The van der Waals surface area contributed by atoms with E-state index < -0.39 is 4.92 Å². The molecular formula is C13H16ClN3O3. The van der Waals surface area contributed by atoms with Crippen LogP contribution in [0.3, 0.4) is 0 Å². The molecule has 2 rings (SSSR count). The van der Waals surface area contributed by atoms with Crippen LogP contribution in [0.1, 0.15) is 25.7 Å². The molecule has 1 aromatic carbocycles. The first-order chi connectivity index (χ1) is 9.47. The first-order valence-electron chi connectivity index (χ1n) is 6.47. The summed E-state index contributed by atoms with van der Waals surface area (Å²) in [6.45, 7) is 0. The molecule has 1 saturated carbocycles. The SMILES string of the molecule is NC1CCCC(C(=O)Nc2ccc(Cl)c([N+](=O)[O-])c2)C1. The van der Waals surface area contributed by atoms with E-state index in [1.165, 1.54) is 12.1 Å². The summed E-state index contributed by atoms with van der Waals surface area (Å²) in [4.78, 5) is 22.3. The van der Waals surface area contributed by atoms with Gasteiger partial charge in [-0.3, -0.25) is 14.9 Å². The van der Waals surface area contributed by atoms with E-state index >= 15 is 0 Å². The van der Waals surface area contributed by atoms with Crippen molar-refractivity contribution in [3.05, 3.63) is 33.3 Å². The van der Waals surface area contributed by atoms with Gasteiger partial charge in [0.05, 0.1) is 4.92 Å². The summed E-state index contributed by atoms with van der Waals surface area (Å²) < 4.78 is 0. The second-order valence-corrected chi connectivity index (χ2v) is 5.44. The Morgan fingerprint density at radius 3 is 2.85 bits per heavy atom. The maximum absolute atomic E-state index is 12.1. The highest BCUT2D eigenvalue weighted by molar-refractivity contribution is 6.32. The Hall–Kier alpha value is -1.66. The maximum atomic E-state index is 12.1. The van der Waals surface area contributed by atoms with Gasteiger partial charge in [-0.15, -0.1) is 0 Å². The predicted molar refractivity (Wildman–Crippen MR) is 76.7 cm³/mol. The van der Waals surface area contributed by atoms with Gasteiger partial charge in [0.1, 0.15) is 5.02 Å². The van der Waals surface area contributed by atoms with Gasteiger partial charge in [0.15, 0.2) is 0 Å². The number of hydrogen-bond donors (Lipinski definition) is 2. The Labute approximate surface area is 121 Å². The molecule has 7 heteroatoms. The quantitative estimate of drug-likeness (QED) is 0.662. The monoisotopic (exact) mass is 297 g/mol. The highest BCUT2D eigenvalue weighted by Gasteiger charge is 2.25. The second-order valence-electron chi connectivity index (χ2n) is 5.04. The standard InChI is InChI=1S/C13H16ClN3O3/c14-11-5-4-10(7-12(11)17(19)20)16-13(18)8-2-1-3-9(15)6-8/h4-5,7-9H,1-3,6,15H2,(H,16,18). The van der Waals surface area contributed by atoms with E-state index in [9.17, 15) is 14.9 Å². The van der Waals surface area contributed by atoms with Crippen molar-refractivity contribution in [3.8, 4) is 0 Å². The third-order valence-electron chi connectivity index (χ3n) is 3.50. The van der Waals surface area contributed by atoms with Crippen molar-refractivity contribution in [1.82, 2.24) is 0 Å². The number of nitrogens with one attached hydrogen (secondary N) is 1. The lowest BCUT2D eigenvalue weighted by atomic mass is 9.85. The van der Waals surface area contributed by atoms with Crippen molar-refractivity contribution in [2.24, 2.45) is 11.7 Å². The topological polar surface area (TPSA) is 98.3 Å². The van der Waals surface area contributed by atoms with E-state index in [1.54, 1.807) is 6.07 Å². The molecule has 1 aromatic rings. The van der Waals surface area contributed by atoms with Crippen molar-refractivity contribution in [3.63, 3.8) is 0 Å². The third-order valence-corrected chi connectivity index (χ3v) is 3.82. The van der Waals surface area contributed by atoms with Crippen LogP contribution < -0.4 is 11.1 Å². The van der Waals surface area contributed by atoms with Crippen LogP contribution in [0.2, 0.25) is 5.02 Å². The number of carbonyl (C=O) groups is 1. The first-order valence-corrected chi connectivity index (χ1v) is 6.85. The van der Waals surface area contributed by atoms with Gasteiger partial charge in [0.25, 0.3) is 5.69 Å². The molecule has 2 atom stereocenters. The molecule has 1 fully saturated rings. The molecule has 1 amide bonds. The molecular weight excluding hydrogens is 282 g/mol. The number of halogens is 1. The number of rotatable bonds is 3. The van der Waals surface area contributed by atoms with Gasteiger partial charge in [-0.25, -0.2) is 0 Å². The minimum atomic E-state index is -0.575. The Morgan fingerprint density at radius 2 is 2.20 bits per heavy atom. The molecule has 108 valence electrons. The van der Waals surface area contributed by atoms with Gasteiger partial charge in [-0.05, 0) is 31.4 Å². The fourth-order valence-electron chi connectivity index (χ4n) is 2.44. The molecule has 20 heavy (non-hydrogen) atoms. The molecule has 0 radical (unpaired) electrons. The molecule has 0 spiro atoms. The number of carbonyl (C=O) groups excluding carboxylic acids is 1. The highest BCUT2D eigenvalue weighted by Crippen LogP contribution is 2.29. The number of benzene rings is 1. The molecule has 0 bridgehead atoms. The second kappa shape index (κ2) is 6.19. The minimum absolute atomic E-state index is 0.0488. The summed E-state index contributed by atoms with van der Waals surface area (Å²) in [5, 5.41) is 13.5. The van der Waals surface area contributed by atoms with Gasteiger partial charge in [0.2, 0.25) is 5.91 Å². The summed E-state index contributed by atoms with van der Waals surface area (Å²) >= 11 is 5.72. The number of nitrogens with zero attached hydrogens (tertiary/aromatic N) is 1. The fourth-order valence-corrected chi connectivity index (χ4v) is 2.63. The van der Waals surface area contributed by atoms with E-state index in [4.69, 9.17) is 17.3 Å². The fraction of sp³-hybridized carbons (Fsp3) is 0.462. The van der Waals surface area contributed by atoms with Gasteiger partial charge < -0.3 is 11.1 Å². The summed E-state index contributed by atoms with van der Waals surface area (Å²) in [6, 6.07) is 4.28. The summed E-state index contributed by atoms with van der Waals surface area (Å²) in [5.74, 6) is -0.273. The molecule has 6 nitrogen and oxygen atoms in total. The smallest absolute Gasteiger partial charge is 0.289 e. The maximum Gasteiger partial charge on any atom is 0.289 e. The van der Waals surface area contributed by atoms with Gasteiger partial charge in [-0.1, -0.05) is 18.0 Å². The van der Waals surface area contributed by atoms with Gasteiger partial charge in [-0.2, -0.15) is 0 Å². The van der Waals surface area contributed by atoms with E-state index in [2.05, 4.69) is 5.32 Å². The van der Waals surface area contributed by atoms with Crippen LogP contribution in [0.15, 0.2) is 18.2 Å². The first kappa shape index (κ1) is 14.7. The normalized spacial score (nSPS) is 22.3. The van der Waals surface area contributed by atoms with Crippen molar-refractivity contribution >= 4 is 28.9 Å². The minimum Gasteiger partial charge on any atom is -0.328 e. The van der Waals surface area contributed by atoms with Crippen LogP contribution in [0.5, 0.6) is 0 Å². The molecule has 0 aliphatic heterocycles. The van der Waals surface area contributed by atoms with Crippen LogP contribution in [-0.2, 0) is 4.79 Å². The molecule has 0 heterocycles. The average molecular weight is 298 g/mol. The number of amides is 1. The van der Waals surface area contributed by atoms with Crippen molar-refractivity contribution < 1.29 is 9.72 Å². The summed E-state index contributed by atoms with van der Waals surface area (Å²) in [7, 11) is 0. The molecule has 3 N–H and O–H groups in total. The molecule has 0 saturated heterocycles. The largest absolute Gasteiger partial charge is 0.328 e. The highest BCUT2D eigenvalue weighted by atomic mass is 35.5. The number of nitrogens with two attached hydrogens (primary N) is 1.